The van der Waals surface area contributed by atoms with E-state index in [1.165, 1.54) is 19.3 Å². The number of carbonyl (C=O) groups excluding carboxylic acids is 1. The Hall–Kier alpha value is -1.36. The second-order valence-corrected chi connectivity index (χ2v) is 5.92. The summed E-state index contributed by atoms with van der Waals surface area (Å²) < 4.78 is 5.75. The Labute approximate surface area is 125 Å². The van der Waals surface area contributed by atoms with Crippen molar-refractivity contribution in [3.63, 3.8) is 0 Å². The first-order valence-electron chi connectivity index (χ1n) is 7.95. The van der Waals surface area contributed by atoms with Gasteiger partial charge in [0, 0.05) is 6.54 Å². The van der Waals surface area contributed by atoms with Gasteiger partial charge in [-0.05, 0) is 25.7 Å². The summed E-state index contributed by atoms with van der Waals surface area (Å²) in [6.45, 7) is 0.971. The second kappa shape index (κ2) is 8.17. The van der Waals surface area contributed by atoms with E-state index >= 15 is 0 Å². The average molecular weight is 295 g/mol. The minimum Gasteiger partial charge on any atom is -0.481 e. The molecule has 0 spiro atoms. The van der Waals surface area contributed by atoms with E-state index in [0.717, 1.165) is 12.8 Å². The van der Waals surface area contributed by atoms with E-state index in [2.05, 4.69) is 5.32 Å². The van der Waals surface area contributed by atoms with E-state index in [1.54, 1.807) is 0 Å². The first-order chi connectivity index (χ1) is 10.2. The lowest BCUT2D eigenvalue weighted by molar-refractivity contribution is -0.147. The Bertz CT molecular complexity index is 388. The van der Waals surface area contributed by atoms with Crippen molar-refractivity contribution in [3.05, 3.63) is 12.2 Å². The van der Waals surface area contributed by atoms with Crippen LogP contribution in [0.15, 0.2) is 12.2 Å². The molecule has 0 saturated heterocycles. The molecule has 2 unspecified atom stereocenters. The van der Waals surface area contributed by atoms with Crippen LogP contribution in [0.4, 0.5) is 0 Å². The second-order valence-electron chi connectivity index (χ2n) is 5.92. The molecule has 2 aliphatic rings. The number of carboxylic acids is 1. The van der Waals surface area contributed by atoms with Gasteiger partial charge in [-0.25, -0.2) is 0 Å². The smallest absolute Gasteiger partial charge is 0.307 e. The van der Waals surface area contributed by atoms with Gasteiger partial charge in [-0.15, -0.1) is 0 Å². The monoisotopic (exact) mass is 295 g/mol. The van der Waals surface area contributed by atoms with Crippen LogP contribution in [0.3, 0.4) is 0 Å². The maximum atomic E-state index is 12.1. The summed E-state index contributed by atoms with van der Waals surface area (Å²) in [5.41, 5.74) is 0. The third-order valence-electron chi connectivity index (χ3n) is 4.39. The highest BCUT2D eigenvalue weighted by Crippen LogP contribution is 2.26. The van der Waals surface area contributed by atoms with Crippen LogP contribution < -0.4 is 5.32 Å². The molecule has 2 N–H and O–H groups in total. The maximum Gasteiger partial charge on any atom is 0.307 e. The van der Waals surface area contributed by atoms with Crippen LogP contribution in [0.1, 0.15) is 44.9 Å². The molecule has 2 atom stereocenters. The number of ether oxygens (including phenoxy) is 1. The van der Waals surface area contributed by atoms with Crippen LogP contribution in [-0.4, -0.2) is 36.2 Å². The lowest BCUT2D eigenvalue weighted by atomic mass is 9.82. The van der Waals surface area contributed by atoms with Gasteiger partial charge < -0.3 is 15.2 Å². The Morgan fingerprint density at radius 1 is 1.10 bits per heavy atom. The number of amides is 1. The summed E-state index contributed by atoms with van der Waals surface area (Å²) in [4.78, 5) is 23.3. The summed E-state index contributed by atoms with van der Waals surface area (Å²) in [5, 5.41) is 12.0. The Balaban J connectivity index is 1.68. The van der Waals surface area contributed by atoms with Crippen molar-refractivity contribution in [2.24, 2.45) is 11.8 Å². The molecule has 1 fully saturated rings. The fraction of sp³-hybridized carbons (Fsp3) is 0.750. The lowest BCUT2D eigenvalue weighted by Crippen LogP contribution is -2.40. The Morgan fingerprint density at radius 3 is 2.43 bits per heavy atom. The van der Waals surface area contributed by atoms with Crippen molar-refractivity contribution in [1.29, 1.82) is 0 Å². The quantitative estimate of drug-likeness (QED) is 0.581. The van der Waals surface area contributed by atoms with Gasteiger partial charge in [0.25, 0.3) is 0 Å². The number of nitrogens with one attached hydrogen (secondary N) is 1. The van der Waals surface area contributed by atoms with Gasteiger partial charge >= 0.3 is 5.97 Å². The van der Waals surface area contributed by atoms with Gasteiger partial charge in [0.05, 0.1) is 24.5 Å². The molecule has 1 amide bonds. The molecule has 0 aromatic rings. The zero-order valence-corrected chi connectivity index (χ0v) is 12.4. The van der Waals surface area contributed by atoms with E-state index in [0.29, 0.717) is 32.1 Å². The molecule has 0 radical (unpaired) electrons. The van der Waals surface area contributed by atoms with Crippen LogP contribution >= 0.6 is 0 Å². The van der Waals surface area contributed by atoms with Gasteiger partial charge in [-0.3, -0.25) is 9.59 Å². The fourth-order valence-electron chi connectivity index (χ4n) is 3.14. The van der Waals surface area contributed by atoms with Crippen molar-refractivity contribution in [3.8, 4) is 0 Å². The van der Waals surface area contributed by atoms with Crippen molar-refractivity contribution in [2.75, 3.05) is 13.2 Å². The summed E-state index contributed by atoms with van der Waals surface area (Å²) in [5.74, 6) is -2.12. The van der Waals surface area contributed by atoms with Crippen LogP contribution in [0.5, 0.6) is 0 Å². The Kier molecular flexibility index (Phi) is 6.23. The lowest BCUT2D eigenvalue weighted by Gasteiger charge is -2.25. The van der Waals surface area contributed by atoms with Gasteiger partial charge in [0.15, 0.2) is 0 Å². The number of aliphatic carboxylic acids is 1. The first-order valence-corrected chi connectivity index (χ1v) is 7.95. The number of allylic oxidation sites excluding steroid dienone is 2. The van der Waals surface area contributed by atoms with Gasteiger partial charge in [-0.1, -0.05) is 31.4 Å². The molecular weight excluding hydrogens is 270 g/mol. The fourth-order valence-corrected chi connectivity index (χ4v) is 3.14. The van der Waals surface area contributed by atoms with E-state index in [9.17, 15) is 9.59 Å². The van der Waals surface area contributed by atoms with Gasteiger partial charge in [0.2, 0.25) is 5.91 Å². The molecule has 5 heteroatoms. The number of hydrogen-bond donors (Lipinski definition) is 2. The summed E-state index contributed by atoms with van der Waals surface area (Å²) in [7, 11) is 0. The van der Waals surface area contributed by atoms with Crippen LogP contribution in [-0.2, 0) is 14.3 Å². The zero-order chi connectivity index (χ0) is 15.1. The van der Waals surface area contributed by atoms with Crippen molar-refractivity contribution >= 4 is 11.9 Å². The summed E-state index contributed by atoms with van der Waals surface area (Å²) in [6, 6.07) is 0. The third-order valence-corrected chi connectivity index (χ3v) is 4.39. The molecule has 118 valence electrons. The molecule has 0 aromatic heterocycles. The summed E-state index contributed by atoms with van der Waals surface area (Å²) in [6.07, 6.45) is 11.0. The molecule has 5 nitrogen and oxygen atoms in total. The van der Waals surface area contributed by atoms with Crippen LogP contribution in [0.2, 0.25) is 0 Å². The van der Waals surface area contributed by atoms with Crippen molar-refractivity contribution < 1.29 is 19.4 Å². The highest BCUT2D eigenvalue weighted by atomic mass is 16.5. The number of carboxylic acid groups (broad SMARTS) is 1. The third kappa shape index (κ3) is 4.84. The first kappa shape index (κ1) is 16.0. The zero-order valence-electron chi connectivity index (χ0n) is 12.4. The normalized spacial score (nSPS) is 26.5. The van der Waals surface area contributed by atoms with Crippen LogP contribution in [0.25, 0.3) is 0 Å². The molecule has 2 rings (SSSR count). The van der Waals surface area contributed by atoms with Crippen LogP contribution in [0, 0.1) is 11.8 Å². The number of rotatable bonds is 6. The molecule has 0 aliphatic heterocycles. The van der Waals surface area contributed by atoms with E-state index in [-0.39, 0.29) is 5.91 Å². The predicted molar refractivity (Wildman–Crippen MR) is 78.8 cm³/mol. The molecule has 1 saturated carbocycles. The standard InChI is InChI=1S/C16H25NO4/c18-15(13-8-4-5-9-14(13)16(19)20)17-10-11-21-12-6-2-1-3-7-12/h4-5,12-14H,1-3,6-11H2,(H,17,18)(H,19,20). The molecular formula is C16H25NO4. The number of carbonyl (C=O) groups is 2. The highest BCUT2D eigenvalue weighted by molar-refractivity contribution is 5.85. The molecule has 0 aromatic carbocycles. The molecule has 2 aliphatic carbocycles. The molecule has 0 heterocycles. The van der Waals surface area contributed by atoms with Crippen molar-refractivity contribution in [1.82, 2.24) is 5.32 Å². The van der Waals surface area contributed by atoms with E-state index in [1.807, 2.05) is 12.2 Å². The molecule has 0 bridgehead atoms. The van der Waals surface area contributed by atoms with Gasteiger partial charge in [0.1, 0.15) is 0 Å². The van der Waals surface area contributed by atoms with E-state index < -0.39 is 17.8 Å². The topological polar surface area (TPSA) is 75.6 Å². The predicted octanol–water partition coefficient (Wildman–Crippen LogP) is 2.12. The maximum absolute atomic E-state index is 12.1. The molecule has 21 heavy (non-hydrogen) atoms. The Morgan fingerprint density at radius 2 is 1.76 bits per heavy atom. The van der Waals surface area contributed by atoms with Gasteiger partial charge in [-0.2, -0.15) is 0 Å². The minimum atomic E-state index is -0.891. The summed E-state index contributed by atoms with van der Waals surface area (Å²) >= 11 is 0. The minimum absolute atomic E-state index is 0.168. The number of hydrogen-bond acceptors (Lipinski definition) is 3. The van der Waals surface area contributed by atoms with E-state index in [4.69, 9.17) is 9.84 Å². The average Bonchev–Trinajstić information content (AvgIpc) is 2.52. The highest BCUT2D eigenvalue weighted by Gasteiger charge is 2.33. The van der Waals surface area contributed by atoms with Crippen molar-refractivity contribution in [2.45, 2.75) is 51.0 Å². The SMILES string of the molecule is O=C(O)C1CC=CCC1C(=O)NCCOC1CCCCC1. The largest absolute Gasteiger partial charge is 0.481 e.